The molecule has 6 heteroatoms. The van der Waals surface area contributed by atoms with E-state index in [9.17, 15) is 4.79 Å². The molecule has 1 aliphatic carbocycles. The summed E-state index contributed by atoms with van der Waals surface area (Å²) in [6.07, 6.45) is 8.48. The van der Waals surface area contributed by atoms with Crippen LogP contribution in [0.2, 0.25) is 0 Å². The molecule has 30 heavy (non-hydrogen) atoms. The third-order valence-electron chi connectivity index (χ3n) is 6.56. The van der Waals surface area contributed by atoms with Crippen molar-refractivity contribution in [3.63, 3.8) is 0 Å². The summed E-state index contributed by atoms with van der Waals surface area (Å²) in [7, 11) is 0. The Morgan fingerprint density at radius 3 is 2.67 bits per heavy atom. The molecule has 3 heterocycles. The highest BCUT2D eigenvalue weighted by Gasteiger charge is 2.30. The van der Waals surface area contributed by atoms with Gasteiger partial charge in [0.15, 0.2) is 0 Å². The number of Topliss-reactive ketones (excluding diaryl/α,β-unsaturated/α-hetero) is 1. The lowest BCUT2D eigenvalue weighted by Crippen LogP contribution is -2.45. The fourth-order valence-electron chi connectivity index (χ4n) is 4.82. The Morgan fingerprint density at radius 1 is 1.07 bits per heavy atom. The molecule has 3 aromatic rings. The fraction of sp³-hybridized carbons (Fsp3) is 0.458. The maximum absolute atomic E-state index is 13.0. The second-order valence-corrected chi connectivity index (χ2v) is 9.29. The van der Waals surface area contributed by atoms with Crippen LogP contribution in [0.25, 0.3) is 21.2 Å². The van der Waals surface area contributed by atoms with Crippen molar-refractivity contribution in [2.75, 3.05) is 26.3 Å². The van der Waals surface area contributed by atoms with E-state index >= 15 is 0 Å². The van der Waals surface area contributed by atoms with Gasteiger partial charge in [0.2, 0.25) is 0 Å². The second-order valence-electron chi connectivity index (χ2n) is 8.40. The summed E-state index contributed by atoms with van der Waals surface area (Å²) in [5.41, 5.74) is 3.89. The summed E-state index contributed by atoms with van der Waals surface area (Å²) in [5, 5.41) is 2.24. The van der Waals surface area contributed by atoms with E-state index in [-0.39, 0.29) is 5.92 Å². The third kappa shape index (κ3) is 4.31. The van der Waals surface area contributed by atoms with Gasteiger partial charge in [-0.05, 0) is 48.8 Å². The minimum Gasteiger partial charge on any atom is -0.379 e. The SMILES string of the molecule is O=C(Cc1cc2cc(-c3cncs3)ccc2cn1)C1CCC(N2CCOCC2)CC1. The molecule has 1 aromatic carbocycles. The molecular weight excluding hydrogens is 394 g/mol. The van der Waals surface area contributed by atoms with Crippen LogP contribution in [0.4, 0.5) is 0 Å². The number of fused-ring (bicyclic) bond motifs is 1. The maximum Gasteiger partial charge on any atom is 0.141 e. The van der Waals surface area contributed by atoms with Crippen LogP contribution in [-0.4, -0.2) is 53.0 Å². The van der Waals surface area contributed by atoms with Crippen LogP contribution in [-0.2, 0) is 16.0 Å². The van der Waals surface area contributed by atoms with Crippen LogP contribution < -0.4 is 0 Å². The summed E-state index contributed by atoms with van der Waals surface area (Å²) in [4.78, 5) is 25.4. The number of ether oxygens (including phenoxy) is 1. The van der Waals surface area contributed by atoms with E-state index in [4.69, 9.17) is 4.74 Å². The third-order valence-corrected chi connectivity index (χ3v) is 7.39. The molecule has 2 aromatic heterocycles. The van der Waals surface area contributed by atoms with Gasteiger partial charge in [0.25, 0.3) is 0 Å². The standard InChI is InChI=1S/C24H27N3O2S/c28-23(17-3-5-22(6-4-17)27-7-9-29-10-8-27)13-21-12-20-11-18(24-15-25-16-30-24)1-2-19(20)14-26-21/h1-2,11-12,14-17,22H,3-10,13H2. The largest absolute Gasteiger partial charge is 0.379 e. The summed E-state index contributed by atoms with van der Waals surface area (Å²) in [5.74, 6) is 0.532. The number of morpholine rings is 1. The Hall–Kier alpha value is -2.15. The second kappa shape index (κ2) is 8.92. The van der Waals surface area contributed by atoms with Crippen molar-refractivity contribution < 1.29 is 9.53 Å². The Morgan fingerprint density at radius 2 is 1.90 bits per heavy atom. The number of aromatic nitrogens is 2. The van der Waals surface area contributed by atoms with Gasteiger partial charge in [-0.15, -0.1) is 11.3 Å². The van der Waals surface area contributed by atoms with Crippen LogP contribution in [0.5, 0.6) is 0 Å². The van der Waals surface area contributed by atoms with Gasteiger partial charge >= 0.3 is 0 Å². The van der Waals surface area contributed by atoms with Gasteiger partial charge in [-0.1, -0.05) is 12.1 Å². The van der Waals surface area contributed by atoms with Crippen LogP contribution >= 0.6 is 11.3 Å². The van der Waals surface area contributed by atoms with Gasteiger partial charge in [0.1, 0.15) is 5.78 Å². The van der Waals surface area contributed by atoms with Gasteiger partial charge < -0.3 is 4.74 Å². The molecule has 1 aliphatic heterocycles. The van der Waals surface area contributed by atoms with Crippen LogP contribution in [0.1, 0.15) is 31.4 Å². The number of hydrogen-bond donors (Lipinski definition) is 0. The molecule has 0 N–H and O–H groups in total. The molecule has 1 saturated heterocycles. The molecule has 0 spiro atoms. The molecule has 0 unspecified atom stereocenters. The number of hydrogen-bond acceptors (Lipinski definition) is 6. The molecule has 0 bridgehead atoms. The molecule has 2 fully saturated rings. The van der Waals surface area contributed by atoms with Gasteiger partial charge in [-0.3, -0.25) is 19.7 Å². The number of nitrogens with zero attached hydrogens (tertiary/aromatic N) is 3. The molecule has 2 aliphatic rings. The highest BCUT2D eigenvalue weighted by molar-refractivity contribution is 7.13. The van der Waals surface area contributed by atoms with E-state index < -0.39 is 0 Å². The van der Waals surface area contributed by atoms with E-state index in [0.717, 1.165) is 78.9 Å². The van der Waals surface area contributed by atoms with Crippen molar-refractivity contribution >= 4 is 27.9 Å². The van der Waals surface area contributed by atoms with Gasteiger partial charge in [0, 0.05) is 54.9 Å². The minimum absolute atomic E-state index is 0.184. The summed E-state index contributed by atoms with van der Waals surface area (Å²) < 4.78 is 5.47. The molecule has 0 amide bonds. The number of ketones is 1. The number of benzene rings is 1. The summed E-state index contributed by atoms with van der Waals surface area (Å²) in [6, 6.07) is 9.08. The number of carbonyl (C=O) groups is 1. The average molecular weight is 422 g/mol. The lowest BCUT2D eigenvalue weighted by Gasteiger charge is -2.38. The highest BCUT2D eigenvalue weighted by Crippen LogP contribution is 2.30. The molecule has 156 valence electrons. The predicted molar refractivity (Wildman–Crippen MR) is 120 cm³/mol. The van der Waals surface area contributed by atoms with E-state index in [1.165, 1.54) is 0 Å². The Kier molecular flexibility index (Phi) is 5.88. The Bertz CT molecular complexity index is 1010. The number of pyridine rings is 1. The van der Waals surface area contributed by atoms with Gasteiger partial charge in [-0.2, -0.15) is 0 Å². The van der Waals surface area contributed by atoms with Crippen molar-refractivity contribution in [1.82, 2.24) is 14.9 Å². The van der Waals surface area contributed by atoms with Crippen LogP contribution in [0, 0.1) is 5.92 Å². The van der Waals surface area contributed by atoms with Crippen molar-refractivity contribution in [1.29, 1.82) is 0 Å². The van der Waals surface area contributed by atoms with Crippen LogP contribution in [0.15, 0.2) is 42.2 Å². The van der Waals surface area contributed by atoms with E-state index in [2.05, 4.69) is 39.1 Å². The minimum atomic E-state index is 0.184. The smallest absolute Gasteiger partial charge is 0.141 e. The predicted octanol–water partition coefficient (Wildman–Crippen LogP) is 4.36. The monoisotopic (exact) mass is 421 g/mol. The van der Waals surface area contributed by atoms with Crippen molar-refractivity contribution in [3.8, 4) is 10.4 Å². The number of rotatable bonds is 5. The zero-order chi connectivity index (χ0) is 20.3. The quantitative estimate of drug-likeness (QED) is 0.613. The first-order valence-electron chi connectivity index (χ1n) is 10.9. The van der Waals surface area contributed by atoms with Crippen molar-refractivity contribution in [3.05, 3.63) is 47.9 Å². The Balaban J connectivity index is 1.23. The van der Waals surface area contributed by atoms with E-state index in [0.29, 0.717) is 18.2 Å². The maximum atomic E-state index is 13.0. The van der Waals surface area contributed by atoms with E-state index in [1.54, 1.807) is 11.3 Å². The molecule has 0 radical (unpaired) electrons. The Labute approximate surface area is 181 Å². The highest BCUT2D eigenvalue weighted by atomic mass is 32.1. The lowest BCUT2D eigenvalue weighted by atomic mass is 9.81. The van der Waals surface area contributed by atoms with Gasteiger partial charge in [0.05, 0.1) is 23.6 Å². The number of thiazole rings is 1. The lowest BCUT2D eigenvalue weighted by molar-refractivity contribution is -0.123. The zero-order valence-corrected chi connectivity index (χ0v) is 17.9. The first-order chi connectivity index (χ1) is 14.8. The van der Waals surface area contributed by atoms with Crippen molar-refractivity contribution in [2.45, 2.75) is 38.1 Å². The normalized spacial score (nSPS) is 22.9. The van der Waals surface area contributed by atoms with Gasteiger partial charge in [-0.25, -0.2) is 0 Å². The fourth-order valence-corrected chi connectivity index (χ4v) is 5.44. The molecular formula is C24H27N3O2S. The topological polar surface area (TPSA) is 55.3 Å². The molecule has 0 atom stereocenters. The van der Waals surface area contributed by atoms with Crippen molar-refractivity contribution in [2.24, 2.45) is 5.92 Å². The van der Waals surface area contributed by atoms with Crippen LogP contribution in [0.3, 0.4) is 0 Å². The molecule has 1 saturated carbocycles. The average Bonchev–Trinajstić information content (AvgIpc) is 3.34. The summed E-state index contributed by atoms with van der Waals surface area (Å²) in [6.45, 7) is 3.76. The number of carbonyl (C=O) groups excluding carboxylic acids is 1. The first kappa shape index (κ1) is 19.8. The molecule has 5 nitrogen and oxygen atoms in total. The zero-order valence-electron chi connectivity index (χ0n) is 17.1. The van der Waals surface area contributed by atoms with E-state index in [1.807, 2.05) is 17.9 Å². The molecule has 5 rings (SSSR count). The first-order valence-corrected chi connectivity index (χ1v) is 11.8. The summed E-state index contributed by atoms with van der Waals surface area (Å²) >= 11 is 1.64.